The van der Waals surface area contributed by atoms with Gasteiger partial charge < -0.3 is 5.73 Å². The van der Waals surface area contributed by atoms with Gasteiger partial charge in [0.15, 0.2) is 5.82 Å². The van der Waals surface area contributed by atoms with Crippen LogP contribution in [0.4, 0.5) is 5.82 Å². The van der Waals surface area contributed by atoms with Crippen LogP contribution >= 0.6 is 0 Å². The molecule has 0 aliphatic carbocycles. The van der Waals surface area contributed by atoms with Gasteiger partial charge >= 0.3 is 0 Å². The zero-order valence-corrected chi connectivity index (χ0v) is 11.7. The van der Waals surface area contributed by atoms with Crippen molar-refractivity contribution in [3.05, 3.63) is 39.8 Å². The first-order chi connectivity index (χ1) is 10.1. The number of nitrogens with two attached hydrogens (primary N) is 1. The van der Waals surface area contributed by atoms with E-state index in [0.717, 1.165) is 29.7 Å². The number of H-pyrrole nitrogens is 1. The minimum atomic E-state index is -0.00727. The van der Waals surface area contributed by atoms with Gasteiger partial charge in [0.1, 0.15) is 5.82 Å². The summed E-state index contributed by atoms with van der Waals surface area (Å²) in [5.74, 6) is 1.02. The largest absolute Gasteiger partial charge is 0.382 e. The van der Waals surface area contributed by atoms with Gasteiger partial charge in [0, 0.05) is 12.2 Å². The Morgan fingerprint density at radius 3 is 3.10 bits per heavy atom. The van der Waals surface area contributed by atoms with Crippen LogP contribution in [0.15, 0.2) is 23.0 Å². The van der Waals surface area contributed by atoms with E-state index >= 15 is 0 Å². The lowest BCUT2D eigenvalue weighted by Gasteiger charge is -2.11. The molecule has 0 spiro atoms. The van der Waals surface area contributed by atoms with Crippen molar-refractivity contribution in [3.63, 3.8) is 0 Å². The molecule has 1 aromatic carbocycles. The molecule has 0 saturated heterocycles. The molecule has 3 aromatic rings. The van der Waals surface area contributed by atoms with Crippen LogP contribution in [0.3, 0.4) is 0 Å². The van der Waals surface area contributed by atoms with Gasteiger partial charge in [-0.15, -0.1) is 0 Å². The number of hydrogen-bond acceptors (Lipinski definition) is 4. The Hall–Kier alpha value is -2.63. The van der Waals surface area contributed by atoms with E-state index < -0.39 is 0 Å². The highest BCUT2D eigenvalue weighted by Gasteiger charge is 2.23. The third-order valence-electron chi connectivity index (χ3n) is 4.01. The number of aryl methyl sites for hydroxylation is 2. The summed E-state index contributed by atoms with van der Waals surface area (Å²) in [5.41, 5.74) is 9.44. The Labute approximate surface area is 120 Å². The number of nitrogen functional groups attached to an aromatic ring is 1. The average Bonchev–Trinajstić information content (AvgIpc) is 2.72. The van der Waals surface area contributed by atoms with Gasteiger partial charge in [-0.05, 0) is 31.9 Å². The fourth-order valence-electron chi connectivity index (χ4n) is 2.97. The van der Waals surface area contributed by atoms with Gasteiger partial charge in [0.05, 0.1) is 16.5 Å². The summed E-state index contributed by atoms with van der Waals surface area (Å²) in [6.07, 6.45) is 1.68. The number of benzene rings is 1. The van der Waals surface area contributed by atoms with Gasteiger partial charge in [0.25, 0.3) is 5.56 Å². The minimum absolute atomic E-state index is 0.00727. The van der Waals surface area contributed by atoms with E-state index in [9.17, 15) is 4.79 Å². The predicted octanol–water partition coefficient (Wildman–Crippen LogP) is 1.62. The van der Waals surface area contributed by atoms with Gasteiger partial charge in [-0.3, -0.25) is 14.5 Å². The molecule has 0 saturated carbocycles. The normalized spacial score (nSPS) is 13.8. The molecule has 4 rings (SSSR count). The molecule has 6 heteroatoms. The summed E-state index contributed by atoms with van der Waals surface area (Å²) in [5, 5.41) is 7.67. The van der Waals surface area contributed by atoms with Gasteiger partial charge in [-0.25, -0.2) is 4.98 Å². The molecule has 0 atom stereocenters. The summed E-state index contributed by atoms with van der Waals surface area (Å²) in [6.45, 7) is 2.62. The lowest BCUT2D eigenvalue weighted by molar-refractivity contribution is 0.632. The number of hydrogen-bond donors (Lipinski definition) is 2. The van der Waals surface area contributed by atoms with E-state index in [-0.39, 0.29) is 5.56 Å². The maximum atomic E-state index is 12.8. The Kier molecular flexibility index (Phi) is 2.42. The van der Waals surface area contributed by atoms with Crippen molar-refractivity contribution in [2.75, 3.05) is 5.73 Å². The molecule has 1 aliphatic heterocycles. The lowest BCUT2D eigenvalue weighted by atomic mass is 10.1. The van der Waals surface area contributed by atoms with Crippen LogP contribution in [0.5, 0.6) is 0 Å². The number of nitrogens with zero attached hydrogens (tertiary/aromatic N) is 3. The highest BCUT2D eigenvalue weighted by Crippen LogP contribution is 2.30. The number of anilines is 1. The number of fused-ring (bicyclic) bond motifs is 4. The van der Waals surface area contributed by atoms with E-state index in [1.165, 1.54) is 0 Å². The quantitative estimate of drug-likeness (QED) is 0.655. The third kappa shape index (κ3) is 1.68. The van der Waals surface area contributed by atoms with Gasteiger partial charge in [-0.1, -0.05) is 11.6 Å². The summed E-state index contributed by atoms with van der Waals surface area (Å²) in [4.78, 5) is 17.4. The Morgan fingerprint density at radius 2 is 2.24 bits per heavy atom. The van der Waals surface area contributed by atoms with Crippen molar-refractivity contribution in [1.29, 1.82) is 0 Å². The molecular weight excluding hydrogens is 266 g/mol. The highest BCUT2D eigenvalue weighted by atomic mass is 16.1. The van der Waals surface area contributed by atoms with Crippen molar-refractivity contribution < 1.29 is 0 Å². The summed E-state index contributed by atoms with van der Waals surface area (Å²) in [6, 6.07) is 5.73. The number of aromatic nitrogens is 4. The molecule has 6 nitrogen and oxygen atoms in total. The molecule has 3 N–H and O–H groups in total. The summed E-state index contributed by atoms with van der Waals surface area (Å²) >= 11 is 0. The van der Waals surface area contributed by atoms with Crippen LogP contribution in [0, 0.1) is 6.92 Å². The minimum Gasteiger partial charge on any atom is -0.382 e. The second-order valence-electron chi connectivity index (χ2n) is 5.48. The summed E-state index contributed by atoms with van der Waals surface area (Å²) in [7, 11) is 0. The van der Waals surface area contributed by atoms with Crippen LogP contribution in [0.1, 0.15) is 17.7 Å². The zero-order valence-electron chi connectivity index (χ0n) is 11.7. The Morgan fingerprint density at radius 1 is 1.38 bits per heavy atom. The highest BCUT2D eigenvalue weighted by molar-refractivity contribution is 5.82. The molecule has 0 amide bonds. The molecule has 0 fully saturated rings. The molecule has 106 valence electrons. The van der Waals surface area contributed by atoms with Crippen LogP contribution in [-0.2, 0) is 13.0 Å². The first kappa shape index (κ1) is 12.1. The fraction of sp³-hybridized carbons (Fsp3) is 0.267. The van der Waals surface area contributed by atoms with E-state index in [1.807, 2.05) is 25.1 Å². The molecule has 3 heterocycles. The summed E-state index contributed by atoms with van der Waals surface area (Å²) < 4.78 is 1.72. The molecule has 21 heavy (non-hydrogen) atoms. The van der Waals surface area contributed by atoms with Crippen molar-refractivity contribution >= 4 is 16.7 Å². The average molecular weight is 281 g/mol. The maximum Gasteiger partial charge on any atom is 0.261 e. The second kappa shape index (κ2) is 4.18. The molecular formula is C15H15N5O. The number of aromatic amines is 1. The second-order valence-corrected chi connectivity index (χ2v) is 5.48. The van der Waals surface area contributed by atoms with Gasteiger partial charge in [0.2, 0.25) is 0 Å². The van der Waals surface area contributed by atoms with Crippen LogP contribution < -0.4 is 11.3 Å². The topological polar surface area (TPSA) is 89.6 Å². The van der Waals surface area contributed by atoms with E-state index in [2.05, 4.69) is 15.2 Å². The molecule has 1 aliphatic rings. The van der Waals surface area contributed by atoms with Crippen molar-refractivity contribution in [3.8, 4) is 11.4 Å². The fourth-order valence-corrected chi connectivity index (χ4v) is 2.97. The monoisotopic (exact) mass is 281 g/mol. The smallest absolute Gasteiger partial charge is 0.261 e. The zero-order chi connectivity index (χ0) is 14.6. The third-order valence-corrected chi connectivity index (χ3v) is 4.01. The van der Waals surface area contributed by atoms with Crippen LogP contribution in [-0.4, -0.2) is 19.7 Å². The molecule has 0 unspecified atom stereocenters. The standard InChI is InChI=1S/C15H15N5O/c1-8-4-5-10-9(7-8)15(21)20-6-2-3-11-12(14(20)17-10)13(16)19-18-11/h4-5,7H,2-3,6H2,1H3,(H3,16,18,19). The Balaban J connectivity index is 2.14. The first-order valence-corrected chi connectivity index (χ1v) is 6.99. The van der Waals surface area contributed by atoms with Crippen molar-refractivity contribution in [1.82, 2.24) is 19.7 Å². The first-order valence-electron chi connectivity index (χ1n) is 6.99. The number of rotatable bonds is 0. The van der Waals surface area contributed by atoms with Crippen LogP contribution in [0.25, 0.3) is 22.3 Å². The Bertz CT molecular complexity index is 922. The molecule has 0 radical (unpaired) electrons. The molecule has 0 bridgehead atoms. The maximum absolute atomic E-state index is 12.8. The van der Waals surface area contributed by atoms with Crippen LogP contribution in [0.2, 0.25) is 0 Å². The predicted molar refractivity (Wildman–Crippen MR) is 81.1 cm³/mol. The van der Waals surface area contributed by atoms with E-state index in [0.29, 0.717) is 29.1 Å². The SMILES string of the molecule is Cc1ccc2nc3n(c(=O)c2c1)CCCc1[nH]nc(N)c1-3. The number of nitrogens with one attached hydrogen (secondary N) is 1. The van der Waals surface area contributed by atoms with Gasteiger partial charge in [-0.2, -0.15) is 5.10 Å². The van der Waals surface area contributed by atoms with E-state index in [1.54, 1.807) is 4.57 Å². The van der Waals surface area contributed by atoms with E-state index in [4.69, 9.17) is 5.73 Å². The lowest BCUT2D eigenvalue weighted by Crippen LogP contribution is -2.23. The van der Waals surface area contributed by atoms with Crippen molar-refractivity contribution in [2.45, 2.75) is 26.3 Å². The van der Waals surface area contributed by atoms with Crippen molar-refractivity contribution in [2.24, 2.45) is 0 Å². The molecule has 2 aromatic heterocycles.